The third kappa shape index (κ3) is 5.00. The van der Waals surface area contributed by atoms with Crippen LogP contribution in [-0.2, 0) is 16.1 Å². The summed E-state index contributed by atoms with van der Waals surface area (Å²) in [5, 5.41) is 21.6. The number of morpholine rings is 1. The molecule has 4 heterocycles. The van der Waals surface area contributed by atoms with Crippen molar-refractivity contribution in [3.63, 3.8) is 0 Å². The monoisotopic (exact) mass is 583 g/mol. The van der Waals surface area contributed by atoms with Gasteiger partial charge in [-0.3, -0.25) is 23.6 Å². The molecule has 3 aliphatic rings. The second-order valence-electron chi connectivity index (χ2n) is 12.0. The van der Waals surface area contributed by atoms with Crippen LogP contribution in [-0.4, -0.2) is 84.1 Å². The van der Waals surface area contributed by atoms with Gasteiger partial charge in [0.1, 0.15) is 11.5 Å². The zero-order valence-electron chi connectivity index (χ0n) is 23.1. The van der Waals surface area contributed by atoms with E-state index in [1.165, 1.54) is 15.8 Å². The quantitative estimate of drug-likeness (QED) is 0.470. The second kappa shape index (κ2) is 10.1. The third-order valence-corrected chi connectivity index (χ3v) is 9.18. The number of fused-ring (bicyclic) bond motifs is 1. The molecule has 6 rings (SSSR count). The van der Waals surface area contributed by atoms with Crippen LogP contribution in [0.4, 0.5) is 4.79 Å². The summed E-state index contributed by atoms with van der Waals surface area (Å²) in [7, 11) is 0. The fourth-order valence-corrected chi connectivity index (χ4v) is 6.36. The number of nitrogens with zero attached hydrogens (tertiary/aromatic N) is 5. The Morgan fingerprint density at radius 3 is 2.44 bits per heavy atom. The van der Waals surface area contributed by atoms with Gasteiger partial charge in [0.2, 0.25) is 5.91 Å². The van der Waals surface area contributed by atoms with Crippen molar-refractivity contribution in [3.05, 3.63) is 57.7 Å². The number of carbonyl (C=O) groups excluding carboxylic acids is 1. The van der Waals surface area contributed by atoms with Crippen molar-refractivity contribution in [3.8, 4) is 5.69 Å². The number of hydrogen-bond donors (Lipinski definition) is 2. The molecule has 2 N–H and O–H groups in total. The zero-order valence-corrected chi connectivity index (χ0v) is 23.9. The molecule has 0 spiro atoms. The Bertz CT molecular complexity index is 1550. The Kier molecular flexibility index (Phi) is 6.87. The van der Waals surface area contributed by atoms with Gasteiger partial charge < -0.3 is 19.8 Å². The number of halogens is 1. The first-order valence-electron chi connectivity index (χ1n) is 14.0. The van der Waals surface area contributed by atoms with Gasteiger partial charge in [-0.25, -0.2) is 9.78 Å². The topological polar surface area (TPSA) is 130 Å². The second-order valence-corrected chi connectivity index (χ2v) is 12.4. The Hall–Kier alpha value is -3.41. The predicted octanol–water partition coefficient (Wildman–Crippen LogP) is 3.43. The molecule has 0 unspecified atom stereocenters. The highest BCUT2D eigenvalue weighted by molar-refractivity contribution is 6.31. The van der Waals surface area contributed by atoms with E-state index in [2.05, 4.69) is 4.98 Å². The number of hydrogen-bond acceptors (Lipinski definition) is 6. The molecule has 0 bridgehead atoms. The lowest BCUT2D eigenvalue weighted by molar-refractivity contribution is -0.141. The molecule has 11 nitrogen and oxygen atoms in total. The Morgan fingerprint density at radius 1 is 1.12 bits per heavy atom. The highest BCUT2D eigenvalue weighted by atomic mass is 35.5. The molecule has 0 radical (unpaired) electrons. The van der Waals surface area contributed by atoms with E-state index in [0.29, 0.717) is 54.4 Å². The van der Waals surface area contributed by atoms with Crippen LogP contribution < -0.4 is 5.56 Å². The number of amides is 2. The molecule has 3 fully saturated rings. The molecule has 3 aromatic rings. The average Bonchev–Trinajstić information content (AvgIpc) is 3.61. The average molecular weight is 584 g/mol. The summed E-state index contributed by atoms with van der Waals surface area (Å²) < 4.78 is 8.69. The van der Waals surface area contributed by atoms with Crippen molar-refractivity contribution in [2.75, 3.05) is 26.3 Å². The number of likely N-dealkylation sites (tertiary alicyclic amines) is 1. The van der Waals surface area contributed by atoms with E-state index in [0.717, 1.165) is 18.4 Å². The summed E-state index contributed by atoms with van der Waals surface area (Å²) in [5.41, 5.74) is 0.177. The molecule has 1 aromatic carbocycles. The highest BCUT2D eigenvalue weighted by Crippen LogP contribution is 2.47. The lowest BCUT2D eigenvalue weighted by atomic mass is 9.90. The number of ether oxygens (including phenoxy) is 1. The number of benzene rings is 1. The first kappa shape index (κ1) is 27.7. The summed E-state index contributed by atoms with van der Waals surface area (Å²) in [6.45, 7) is 5.42. The summed E-state index contributed by atoms with van der Waals surface area (Å²) in [5.74, 6) is 0.157. The molecular weight excluding hydrogens is 550 g/mol. The van der Waals surface area contributed by atoms with Crippen molar-refractivity contribution < 1.29 is 24.5 Å². The third-order valence-electron chi connectivity index (χ3n) is 8.91. The molecule has 1 aliphatic carbocycles. The number of carboxylic acid groups (broad SMARTS) is 1. The minimum absolute atomic E-state index is 0.0769. The largest absolute Gasteiger partial charge is 0.465 e. The van der Waals surface area contributed by atoms with Gasteiger partial charge in [0.15, 0.2) is 5.65 Å². The van der Waals surface area contributed by atoms with Crippen LogP contribution in [0.15, 0.2) is 41.5 Å². The number of aromatic nitrogens is 3. The van der Waals surface area contributed by atoms with Gasteiger partial charge in [-0.2, -0.15) is 0 Å². The lowest BCUT2D eigenvalue weighted by Gasteiger charge is -2.39. The van der Waals surface area contributed by atoms with E-state index in [1.807, 2.05) is 43.0 Å². The van der Waals surface area contributed by atoms with Crippen molar-refractivity contribution in [1.29, 1.82) is 0 Å². The van der Waals surface area contributed by atoms with Crippen LogP contribution in [0.1, 0.15) is 51.1 Å². The molecule has 218 valence electrons. The van der Waals surface area contributed by atoms with E-state index < -0.39 is 17.7 Å². The highest BCUT2D eigenvalue weighted by Gasteiger charge is 2.48. The van der Waals surface area contributed by atoms with Gasteiger partial charge in [-0.05, 0) is 56.4 Å². The molecule has 2 saturated heterocycles. The minimum Gasteiger partial charge on any atom is -0.465 e. The molecule has 41 heavy (non-hydrogen) atoms. The fraction of sp³-hybridized carbons (Fsp3) is 0.517. The van der Waals surface area contributed by atoms with Gasteiger partial charge in [-0.15, -0.1) is 0 Å². The normalized spacial score (nSPS) is 23.5. The molecule has 2 amide bonds. The number of carbonyl (C=O) groups is 2. The predicted molar refractivity (Wildman–Crippen MR) is 151 cm³/mol. The summed E-state index contributed by atoms with van der Waals surface area (Å²) in [6.07, 6.45) is 3.04. The van der Waals surface area contributed by atoms with Crippen molar-refractivity contribution in [2.45, 2.75) is 63.8 Å². The van der Waals surface area contributed by atoms with E-state index in [9.17, 15) is 24.6 Å². The van der Waals surface area contributed by atoms with E-state index in [1.54, 1.807) is 10.6 Å². The summed E-state index contributed by atoms with van der Waals surface area (Å²) in [4.78, 5) is 45.8. The maximum atomic E-state index is 13.4. The smallest absolute Gasteiger partial charge is 0.408 e. The first-order valence-corrected chi connectivity index (χ1v) is 14.3. The Balaban J connectivity index is 1.22. The number of aliphatic hydroxyl groups is 1. The fourth-order valence-electron chi connectivity index (χ4n) is 6.07. The van der Waals surface area contributed by atoms with Crippen molar-refractivity contribution >= 4 is 34.6 Å². The van der Waals surface area contributed by atoms with Crippen LogP contribution in [0.3, 0.4) is 0 Å². The Morgan fingerprint density at radius 2 is 1.80 bits per heavy atom. The molecule has 2 aliphatic heterocycles. The van der Waals surface area contributed by atoms with Gasteiger partial charge in [0, 0.05) is 24.2 Å². The van der Waals surface area contributed by atoms with Crippen molar-refractivity contribution in [1.82, 2.24) is 23.9 Å². The van der Waals surface area contributed by atoms with Crippen LogP contribution >= 0.6 is 11.6 Å². The minimum atomic E-state index is -1.12. The maximum Gasteiger partial charge on any atom is 0.408 e. The van der Waals surface area contributed by atoms with E-state index in [-0.39, 0.29) is 36.1 Å². The van der Waals surface area contributed by atoms with Crippen LogP contribution in [0.5, 0.6) is 0 Å². The Labute approximate surface area is 241 Å². The number of piperidine rings is 1. The first-order chi connectivity index (χ1) is 19.5. The zero-order chi connectivity index (χ0) is 29.1. The van der Waals surface area contributed by atoms with Crippen molar-refractivity contribution in [2.24, 2.45) is 5.41 Å². The molecular formula is C29H34ClN5O6. The molecule has 2 atom stereocenters. The molecule has 1 saturated carbocycles. The lowest BCUT2D eigenvalue weighted by Crippen LogP contribution is -2.51. The number of rotatable bonds is 5. The van der Waals surface area contributed by atoms with Gasteiger partial charge in [-0.1, -0.05) is 30.7 Å². The van der Waals surface area contributed by atoms with Crippen LogP contribution in [0.2, 0.25) is 5.15 Å². The van der Waals surface area contributed by atoms with Crippen LogP contribution in [0.25, 0.3) is 16.7 Å². The summed E-state index contributed by atoms with van der Waals surface area (Å²) in [6, 6.07) is 8.16. The standard InChI is InChI=1S/C29H34ClN5O6/c1-18-14-41-15-22(34(18)27(38)39)19-3-5-20(6-4-19)35-23(30)13-21-24(35)31-17-33(25(21)36)16-29(40)9-11-32(12-10-29)26(37)28(2)7-8-28/h3-6,13,17-18,22,40H,7-12,14-16H2,1-2H3,(H,38,39)/t18-,22-/m0/s1. The summed E-state index contributed by atoms with van der Waals surface area (Å²) >= 11 is 6.59. The SMILES string of the molecule is C[C@H]1COC[C@@H](c2ccc(-n3c(Cl)cc4c(=O)n(CC5(O)CCN(C(=O)C6(C)CC6)CC5)cnc43)cc2)N1C(=O)O. The van der Waals surface area contributed by atoms with E-state index >= 15 is 0 Å². The maximum absolute atomic E-state index is 13.4. The van der Waals surface area contributed by atoms with Gasteiger partial charge >= 0.3 is 6.09 Å². The van der Waals surface area contributed by atoms with E-state index in [4.69, 9.17) is 16.3 Å². The van der Waals surface area contributed by atoms with Gasteiger partial charge in [0.05, 0.1) is 42.8 Å². The van der Waals surface area contributed by atoms with Crippen LogP contribution in [0, 0.1) is 5.41 Å². The molecule has 12 heteroatoms. The van der Waals surface area contributed by atoms with Gasteiger partial charge in [0.25, 0.3) is 5.56 Å². The molecule has 2 aromatic heterocycles.